The van der Waals surface area contributed by atoms with Crippen LogP contribution in [0.1, 0.15) is 209 Å². The summed E-state index contributed by atoms with van der Waals surface area (Å²) in [4.78, 5) is 37.5. The van der Waals surface area contributed by atoms with Gasteiger partial charge in [0.2, 0.25) is 17.7 Å². The molecule has 366 valence electrons. The normalized spacial score (nSPS) is 24.4. The lowest BCUT2D eigenvalue weighted by Gasteiger charge is -2.59. The maximum absolute atomic E-state index is 12.8. The van der Waals surface area contributed by atoms with E-state index in [0.29, 0.717) is 32.2 Å². The SMILES string of the molecule is CCCCNC(=O)C1CC(C)(C)N(O)C(C)(C)C1.CCCCNC(=O)C1CC2(CCCCC2)N(O)C2(CCCCC2)C1.Cc1ccc(CNC(=O)C2CC(C)(C)N(O)C(C)(C)C2)cc1. The lowest BCUT2D eigenvalue weighted by atomic mass is 9.63. The molecule has 6 rings (SSSR count). The predicted molar refractivity (Wildman–Crippen MR) is 256 cm³/mol. The molecule has 12 heteroatoms. The van der Waals surface area contributed by atoms with E-state index in [0.717, 1.165) is 82.9 Å². The Hall–Kier alpha value is -2.61. The minimum atomic E-state index is -0.395. The van der Waals surface area contributed by atoms with Crippen LogP contribution in [0.25, 0.3) is 0 Å². The number of unbranched alkanes of at least 4 members (excludes halogenated alkanes) is 2. The molecular formula is C52H92N6O6. The Balaban J connectivity index is 0.000000213. The molecule has 1 aromatic rings. The van der Waals surface area contributed by atoms with Gasteiger partial charge in [-0.15, -0.1) is 0 Å². The van der Waals surface area contributed by atoms with E-state index in [2.05, 4.69) is 48.9 Å². The summed E-state index contributed by atoms with van der Waals surface area (Å²) >= 11 is 0. The van der Waals surface area contributed by atoms with Gasteiger partial charge in [-0.2, -0.15) is 15.2 Å². The van der Waals surface area contributed by atoms with Gasteiger partial charge in [-0.05, 0) is 145 Å². The Morgan fingerprint density at radius 1 is 0.516 bits per heavy atom. The molecular weight excluding hydrogens is 805 g/mol. The van der Waals surface area contributed by atoms with Crippen LogP contribution in [0.4, 0.5) is 0 Å². The number of aryl methyl sites for hydroxylation is 1. The number of amides is 3. The number of piperidine rings is 3. The van der Waals surface area contributed by atoms with Crippen molar-refractivity contribution < 1.29 is 30.0 Å². The van der Waals surface area contributed by atoms with Crippen LogP contribution in [0.15, 0.2) is 24.3 Å². The molecule has 1 aromatic carbocycles. The summed E-state index contributed by atoms with van der Waals surface area (Å²) in [5, 5.41) is 45.6. The maximum Gasteiger partial charge on any atom is 0.223 e. The molecule has 0 unspecified atom stereocenters. The molecule has 2 saturated carbocycles. The number of nitrogens with one attached hydrogen (secondary N) is 3. The fraction of sp³-hybridized carbons (Fsp3) is 0.827. The molecule has 5 fully saturated rings. The van der Waals surface area contributed by atoms with E-state index < -0.39 is 11.1 Å². The third-order valence-electron chi connectivity index (χ3n) is 15.4. The van der Waals surface area contributed by atoms with Crippen molar-refractivity contribution in [2.75, 3.05) is 13.1 Å². The molecule has 2 spiro atoms. The molecule has 3 saturated heterocycles. The standard InChI is InChI=1S/C20H36N2O2.C18H28N2O2.C14H28N2O2/c1-2-3-14-21-18(23)17-15-19(10-6-4-7-11-19)22(24)20(16-17)12-8-5-9-13-20;1-13-6-8-14(9-7-13)12-19-16(21)15-10-17(2,3)20(22)18(4,5)11-15;1-6-7-8-15-12(17)11-9-13(2,3)16(18)14(4,5)10-11/h17,24H,2-16H2,1H3,(H,21,23);6-9,15,22H,10-12H2,1-5H3,(H,19,21);11,18H,6-10H2,1-5H3,(H,15,17). The topological polar surface area (TPSA) is 158 Å². The first-order chi connectivity index (χ1) is 29.9. The van der Waals surface area contributed by atoms with Crippen molar-refractivity contribution in [2.24, 2.45) is 17.8 Å². The fourth-order valence-electron chi connectivity index (χ4n) is 12.1. The molecule has 12 nitrogen and oxygen atoms in total. The van der Waals surface area contributed by atoms with Crippen LogP contribution < -0.4 is 16.0 Å². The van der Waals surface area contributed by atoms with Gasteiger partial charge < -0.3 is 31.6 Å². The first kappa shape index (κ1) is 54.0. The summed E-state index contributed by atoms with van der Waals surface area (Å²) in [6, 6.07) is 8.19. The average Bonchev–Trinajstić information content (AvgIpc) is 3.24. The summed E-state index contributed by atoms with van der Waals surface area (Å²) in [7, 11) is 0. The van der Waals surface area contributed by atoms with Gasteiger partial charge >= 0.3 is 0 Å². The maximum atomic E-state index is 12.8. The van der Waals surface area contributed by atoms with Crippen LogP contribution >= 0.6 is 0 Å². The van der Waals surface area contributed by atoms with Gasteiger partial charge in [0, 0.05) is 70.6 Å². The van der Waals surface area contributed by atoms with Crippen LogP contribution in [0.3, 0.4) is 0 Å². The Labute approximate surface area is 388 Å². The molecule has 0 bridgehead atoms. The van der Waals surface area contributed by atoms with Crippen molar-refractivity contribution in [3.63, 3.8) is 0 Å². The minimum Gasteiger partial charge on any atom is -0.356 e. The van der Waals surface area contributed by atoms with E-state index in [1.807, 2.05) is 67.5 Å². The fourth-order valence-corrected chi connectivity index (χ4v) is 12.1. The number of carbonyl (C=O) groups is 3. The second-order valence-electron chi connectivity index (χ2n) is 23.1. The van der Waals surface area contributed by atoms with Crippen LogP contribution in [0.5, 0.6) is 0 Å². The van der Waals surface area contributed by atoms with Crippen LogP contribution in [-0.2, 0) is 20.9 Å². The first-order valence-corrected chi connectivity index (χ1v) is 25.3. The average molecular weight is 897 g/mol. The summed E-state index contributed by atoms with van der Waals surface area (Å²) in [6.45, 7) is 24.3. The zero-order chi connectivity index (χ0) is 47.6. The van der Waals surface area contributed by atoms with E-state index in [-0.39, 0.29) is 57.6 Å². The lowest BCUT2D eigenvalue weighted by Crippen LogP contribution is -2.66. The summed E-state index contributed by atoms with van der Waals surface area (Å²) < 4.78 is 0. The summed E-state index contributed by atoms with van der Waals surface area (Å²) in [6.07, 6.45) is 20.3. The van der Waals surface area contributed by atoms with Gasteiger partial charge in [0.1, 0.15) is 0 Å². The molecule has 2 aliphatic carbocycles. The number of carbonyl (C=O) groups excluding carboxylic acids is 3. The largest absolute Gasteiger partial charge is 0.356 e. The van der Waals surface area contributed by atoms with Crippen molar-refractivity contribution in [3.8, 4) is 0 Å². The third kappa shape index (κ3) is 14.0. The number of benzene rings is 1. The summed E-state index contributed by atoms with van der Waals surface area (Å²) in [5.74, 6) is 0.467. The van der Waals surface area contributed by atoms with E-state index >= 15 is 0 Å². The highest BCUT2D eigenvalue weighted by Crippen LogP contribution is 2.52. The Bertz CT molecular complexity index is 1570. The quantitative estimate of drug-likeness (QED) is 0.119. The highest BCUT2D eigenvalue weighted by molar-refractivity contribution is 5.80. The van der Waals surface area contributed by atoms with Crippen molar-refractivity contribution in [3.05, 3.63) is 35.4 Å². The van der Waals surface area contributed by atoms with Gasteiger partial charge in [-0.25, -0.2) is 0 Å². The minimum absolute atomic E-state index is 0.00439. The van der Waals surface area contributed by atoms with Crippen molar-refractivity contribution in [1.82, 2.24) is 31.1 Å². The number of hydroxylamine groups is 6. The second-order valence-corrected chi connectivity index (χ2v) is 23.1. The number of nitrogens with zero attached hydrogens (tertiary/aromatic N) is 3. The predicted octanol–water partition coefficient (Wildman–Crippen LogP) is 10.2. The molecule has 0 aromatic heterocycles. The van der Waals surface area contributed by atoms with Gasteiger partial charge in [-0.3, -0.25) is 14.4 Å². The van der Waals surface area contributed by atoms with Gasteiger partial charge in [-0.1, -0.05) is 95.0 Å². The zero-order valence-corrected chi connectivity index (χ0v) is 42.2. The zero-order valence-electron chi connectivity index (χ0n) is 42.2. The third-order valence-corrected chi connectivity index (χ3v) is 15.4. The van der Waals surface area contributed by atoms with Crippen LogP contribution in [0.2, 0.25) is 0 Å². The smallest absolute Gasteiger partial charge is 0.223 e. The molecule has 3 aliphatic heterocycles. The Morgan fingerprint density at radius 2 is 0.844 bits per heavy atom. The van der Waals surface area contributed by atoms with E-state index in [1.54, 1.807) is 5.06 Å². The number of hydrogen-bond acceptors (Lipinski definition) is 9. The molecule has 0 atom stereocenters. The van der Waals surface area contributed by atoms with E-state index in [1.165, 1.54) is 54.2 Å². The van der Waals surface area contributed by atoms with Gasteiger partial charge in [0.25, 0.3) is 0 Å². The summed E-state index contributed by atoms with van der Waals surface area (Å²) in [5.41, 5.74) is 0.553. The monoisotopic (exact) mass is 897 g/mol. The lowest BCUT2D eigenvalue weighted by molar-refractivity contribution is -0.284. The van der Waals surface area contributed by atoms with Gasteiger partial charge in [0.15, 0.2) is 0 Å². The Kier molecular flexibility index (Phi) is 19.3. The second kappa shape index (κ2) is 22.9. The first-order valence-electron chi connectivity index (χ1n) is 25.3. The molecule has 3 heterocycles. The van der Waals surface area contributed by atoms with E-state index in [9.17, 15) is 30.0 Å². The van der Waals surface area contributed by atoms with Gasteiger partial charge in [0.05, 0.1) is 0 Å². The number of rotatable bonds is 11. The van der Waals surface area contributed by atoms with Crippen molar-refractivity contribution in [1.29, 1.82) is 0 Å². The molecule has 5 aliphatic rings. The van der Waals surface area contributed by atoms with E-state index in [4.69, 9.17) is 0 Å². The van der Waals surface area contributed by atoms with Crippen LogP contribution in [0, 0.1) is 24.7 Å². The highest BCUT2D eigenvalue weighted by atomic mass is 16.5. The van der Waals surface area contributed by atoms with Crippen molar-refractivity contribution in [2.45, 2.75) is 244 Å². The van der Waals surface area contributed by atoms with Crippen molar-refractivity contribution >= 4 is 17.7 Å². The molecule has 64 heavy (non-hydrogen) atoms. The molecule has 6 N–H and O–H groups in total. The number of hydrogen-bond donors (Lipinski definition) is 6. The highest BCUT2D eigenvalue weighted by Gasteiger charge is 2.56. The molecule has 3 amide bonds. The molecule has 0 radical (unpaired) electrons. The Morgan fingerprint density at radius 3 is 1.19 bits per heavy atom. The van der Waals surface area contributed by atoms with Crippen LogP contribution in [-0.4, -0.2) is 94.9 Å².